The van der Waals surface area contributed by atoms with E-state index < -0.39 is 0 Å². The number of pyridine rings is 1. The Balaban J connectivity index is 1.63. The Labute approximate surface area is 205 Å². The lowest BCUT2D eigenvalue weighted by molar-refractivity contribution is 0.0519. The molecule has 5 nitrogen and oxygen atoms in total. The molecule has 4 rings (SSSR count). The maximum Gasteiger partial charge on any atom is 0.355 e. The first-order valence-electron chi connectivity index (χ1n) is 11.5. The maximum atomic E-state index is 12.8. The van der Waals surface area contributed by atoms with Crippen molar-refractivity contribution in [2.24, 2.45) is 0 Å². The molecular weight excluding hydrogens is 448 g/mol. The van der Waals surface area contributed by atoms with Crippen LogP contribution in [0.15, 0.2) is 48.8 Å². The Bertz CT molecular complexity index is 1320. The van der Waals surface area contributed by atoms with Gasteiger partial charge in [-0.15, -0.1) is 0 Å². The van der Waals surface area contributed by atoms with Gasteiger partial charge in [0.25, 0.3) is 0 Å². The molecule has 0 aliphatic heterocycles. The van der Waals surface area contributed by atoms with Gasteiger partial charge in [0, 0.05) is 33.9 Å². The molecular formula is C28H29ClN2O3. The summed E-state index contributed by atoms with van der Waals surface area (Å²) in [5.41, 5.74) is 7.54. The van der Waals surface area contributed by atoms with Crippen LogP contribution in [0.1, 0.15) is 46.1 Å². The third kappa shape index (κ3) is 4.80. The van der Waals surface area contributed by atoms with Gasteiger partial charge in [-0.2, -0.15) is 0 Å². The van der Waals surface area contributed by atoms with Crippen molar-refractivity contribution in [3.8, 4) is 16.9 Å². The number of rotatable bonds is 8. The number of halogens is 1. The highest BCUT2D eigenvalue weighted by molar-refractivity contribution is 6.32. The molecule has 2 heterocycles. The number of ether oxygens (including phenoxy) is 2. The van der Waals surface area contributed by atoms with Crippen LogP contribution in [0, 0.1) is 20.8 Å². The summed E-state index contributed by atoms with van der Waals surface area (Å²) in [5, 5.41) is 1.78. The first kappa shape index (κ1) is 23.8. The number of fused-ring (bicyclic) bond motifs is 1. The molecule has 0 amide bonds. The molecule has 2 aromatic carbocycles. The molecule has 0 aliphatic carbocycles. The highest BCUT2D eigenvalue weighted by Gasteiger charge is 2.21. The molecule has 1 N–H and O–H groups in total. The lowest BCUT2D eigenvalue weighted by atomic mass is 9.98. The van der Waals surface area contributed by atoms with Crippen molar-refractivity contribution >= 4 is 28.5 Å². The molecule has 0 unspecified atom stereocenters. The number of aryl methyl sites for hydroxylation is 4. The molecule has 6 heteroatoms. The smallest absolute Gasteiger partial charge is 0.355 e. The first-order chi connectivity index (χ1) is 16.4. The third-order valence-corrected chi connectivity index (χ3v) is 6.60. The Morgan fingerprint density at radius 2 is 1.82 bits per heavy atom. The van der Waals surface area contributed by atoms with Gasteiger partial charge in [-0.3, -0.25) is 4.98 Å². The molecule has 0 saturated carbocycles. The van der Waals surface area contributed by atoms with Crippen LogP contribution in [-0.4, -0.2) is 29.2 Å². The zero-order valence-corrected chi connectivity index (χ0v) is 20.8. The molecule has 2 aromatic heterocycles. The molecule has 0 saturated heterocycles. The average Bonchev–Trinajstić information content (AvgIpc) is 3.19. The van der Waals surface area contributed by atoms with Crippen LogP contribution in [0.2, 0.25) is 5.02 Å². The number of benzene rings is 2. The van der Waals surface area contributed by atoms with E-state index in [0.717, 1.165) is 61.5 Å². The van der Waals surface area contributed by atoms with E-state index in [1.807, 2.05) is 57.3 Å². The van der Waals surface area contributed by atoms with Crippen LogP contribution < -0.4 is 4.74 Å². The zero-order chi connectivity index (χ0) is 24.2. The zero-order valence-electron chi connectivity index (χ0n) is 20.0. The van der Waals surface area contributed by atoms with Gasteiger partial charge in [0.15, 0.2) is 0 Å². The average molecular weight is 477 g/mol. The van der Waals surface area contributed by atoms with Crippen molar-refractivity contribution in [2.45, 2.75) is 40.5 Å². The SMILES string of the molecule is CCOC(=O)c1[nH]c2c(-c3cnccc3C)cccc2c1CCCOc1cc(C)c(Cl)c(C)c1. The van der Waals surface area contributed by atoms with E-state index in [9.17, 15) is 4.79 Å². The minimum Gasteiger partial charge on any atom is -0.494 e. The predicted octanol–water partition coefficient (Wildman–Crippen LogP) is 7.00. The van der Waals surface area contributed by atoms with Crippen molar-refractivity contribution < 1.29 is 14.3 Å². The van der Waals surface area contributed by atoms with Crippen molar-refractivity contribution in [1.29, 1.82) is 0 Å². The molecule has 0 spiro atoms. The fourth-order valence-corrected chi connectivity index (χ4v) is 4.42. The molecule has 34 heavy (non-hydrogen) atoms. The third-order valence-electron chi connectivity index (χ3n) is 6.00. The van der Waals surface area contributed by atoms with Gasteiger partial charge in [0.2, 0.25) is 0 Å². The van der Waals surface area contributed by atoms with Crippen molar-refractivity contribution in [3.05, 3.63) is 81.8 Å². The molecule has 0 fully saturated rings. The fourth-order valence-electron chi connectivity index (χ4n) is 4.31. The molecule has 0 bridgehead atoms. The number of hydrogen-bond donors (Lipinski definition) is 1. The Morgan fingerprint density at radius 3 is 2.53 bits per heavy atom. The first-order valence-corrected chi connectivity index (χ1v) is 11.9. The predicted molar refractivity (Wildman–Crippen MR) is 137 cm³/mol. The quantitative estimate of drug-likeness (QED) is 0.220. The number of nitrogens with one attached hydrogen (secondary N) is 1. The summed E-state index contributed by atoms with van der Waals surface area (Å²) in [6, 6.07) is 12.0. The normalized spacial score (nSPS) is 11.1. The second-order valence-electron chi connectivity index (χ2n) is 8.44. The number of nitrogens with zero attached hydrogens (tertiary/aromatic N) is 1. The van der Waals surface area contributed by atoms with Gasteiger partial charge in [-0.25, -0.2) is 4.79 Å². The molecule has 0 radical (unpaired) electrons. The summed E-state index contributed by atoms with van der Waals surface area (Å²) in [6.07, 6.45) is 5.07. The number of carbonyl (C=O) groups excluding carboxylic acids is 1. The second kappa shape index (κ2) is 10.3. The molecule has 0 atom stereocenters. The largest absolute Gasteiger partial charge is 0.494 e. The minimum atomic E-state index is -0.340. The van der Waals surface area contributed by atoms with Crippen molar-refractivity contribution in [3.63, 3.8) is 0 Å². The standard InChI is InChI=1S/C28H29ClN2O3/c1-5-33-28(32)27-22(10-7-13-34-20-14-18(3)25(29)19(4)15-20)21-8-6-9-23(26(21)31-27)24-16-30-12-11-17(24)2/h6,8-9,11-12,14-16,31H,5,7,10,13H2,1-4H3. The van der Waals surface area contributed by atoms with Gasteiger partial charge in [0.1, 0.15) is 11.4 Å². The topological polar surface area (TPSA) is 64.2 Å². The highest BCUT2D eigenvalue weighted by atomic mass is 35.5. The van der Waals surface area contributed by atoms with Gasteiger partial charge < -0.3 is 14.5 Å². The van der Waals surface area contributed by atoms with E-state index in [1.165, 1.54) is 0 Å². The number of para-hydroxylation sites is 1. The van der Waals surface area contributed by atoms with Crippen LogP contribution in [-0.2, 0) is 11.2 Å². The van der Waals surface area contributed by atoms with E-state index in [0.29, 0.717) is 25.3 Å². The van der Waals surface area contributed by atoms with Crippen LogP contribution >= 0.6 is 11.6 Å². The van der Waals surface area contributed by atoms with E-state index in [-0.39, 0.29) is 5.97 Å². The van der Waals surface area contributed by atoms with E-state index in [2.05, 4.69) is 23.0 Å². The Morgan fingerprint density at radius 1 is 1.06 bits per heavy atom. The summed E-state index contributed by atoms with van der Waals surface area (Å²) in [6.45, 7) is 8.66. The van der Waals surface area contributed by atoms with Crippen LogP contribution in [0.25, 0.3) is 22.0 Å². The van der Waals surface area contributed by atoms with Crippen LogP contribution in [0.3, 0.4) is 0 Å². The van der Waals surface area contributed by atoms with Gasteiger partial charge in [-0.05, 0) is 81.0 Å². The second-order valence-corrected chi connectivity index (χ2v) is 8.82. The van der Waals surface area contributed by atoms with E-state index >= 15 is 0 Å². The van der Waals surface area contributed by atoms with Crippen LogP contribution in [0.5, 0.6) is 5.75 Å². The van der Waals surface area contributed by atoms with E-state index in [1.54, 1.807) is 6.20 Å². The summed E-state index contributed by atoms with van der Waals surface area (Å²) in [7, 11) is 0. The highest BCUT2D eigenvalue weighted by Crippen LogP contribution is 2.34. The number of esters is 1. The monoisotopic (exact) mass is 476 g/mol. The molecule has 176 valence electrons. The lowest BCUT2D eigenvalue weighted by Gasteiger charge is -2.10. The number of hydrogen-bond acceptors (Lipinski definition) is 4. The summed E-state index contributed by atoms with van der Waals surface area (Å²) in [5.74, 6) is 0.464. The summed E-state index contributed by atoms with van der Waals surface area (Å²) >= 11 is 6.27. The van der Waals surface area contributed by atoms with Crippen molar-refractivity contribution in [2.75, 3.05) is 13.2 Å². The fraction of sp³-hybridized carbons (Fsp3) is 0.286. The van der Waals surface area contributed by atoms with Gasteiger partial charge in [0.05, 0.1) is 18.7 Å². The Hall–Kier alpha value is -3.31. The number of H-pyrrole nitrogens is 1. The van der Waals surface area contributed by atoms with Gasteiger partial charge in [-0.1, -0.05) is 29.8 Å². The van der Waals surface area contributed by atoms with E-state index in [4.69, 9.17) is 21.1 Å². The molecule has 4 aromatic rings. The maximum absolute atomic E-state index is 12.8. The summed E-state index contributed by atoms with van der Waals surface area (Å²) < 4.78 is 11.4. The lowest BCUT2D eigenvalue weighted by Crippen LogP contribution is -2.09. The summed E-state index contributed by atoms with van der Waals surface area (Å²) in [4.78, 5) is 20.5. The minimum absolute atomic E-state index is 0.320. The number of aromatic nitrogens is 2. The van der Waals surface area contributed by atoms with Crippen molar-refractivity contribution in [1.82, 2.24) is 9.97 Å². The Kier molecular flexibility index (Phi) is 7.23. The number of aromatic amines is 1. The molecule has 0 aliphatic rings. The number of carbonyl (C=O) groups is 1. The van der Waals surface area contributed by atoms with Crippen LogP contribution in [0.4, 0.5) is 0 Å². The van der Waals surface area contributed by atoms with Gasteiger partial charge >= 0.3 is 5.97 Å².